The van der Waals surface area contributed by atoms with E-state index in [4.69, 9.17) is 4.98 Å². The Morgan fingerprint density at radius 1 is 0.806 bits per heavy atom. The van der Waals surface area contributed by atoms with Gasteiger partial charge in [0.2, 0.25) is 0 Å². The number of nitrogens with zero attached hydrogens (tertiary/aromatic N) is 1. The van der Waals surface area contributed by atoms with Gasteiger partial charge in [-0.1, -0.05) is 78.9 Å². The minimum atomic E-state index is -0.0790. The van der Waals surface area contributed by atoms with Crippen LogP contribution in [0.2, 0.25) is 0 Å². The molecule has 2 aromatic heterocycles. The minimum Gasteiger partial charge on any atom is -0.310 e. The summed E-state index contributed by atoms with van der Waals surface area (Å²) in [5, 5.41) is 7.45. The van der Waals surface area contributed by atoms with Gasteiger partial charge in [-0.25, -0.2) is 4.98 Å². The Kier molecular flexibility index (Phi) is 4.18. The molecule has 0 aliphatic rings. The van der Waals surface area contributed by atoms with Crippen molar-refractivity contribution >= 4 is 43.1 Å². The lowest BCUT2D eigenvalue weighted by Gasteiger charge is -2.07. The summed E-state index contributed by atoms with van der Waals surface area (Å²) in [7, 11) is 0. The number of rotatable bonds is 3. The molecule has 0 aliphatic heterocycles. The van der Waals surface area contributed by atoms with Crippen LogP contribution in [0.5, 0.6) is 0 Å². The van der Waals surface area contributed by atoms with Gasteiger partial charge in [-0.3, -0.25) is 4.79 Å². The number of aromatic nitrogens is 2. The third-order valence-electron chi connectivity index (χ3n) is 5.79. The van der Waals surface area contributed by atoms with Crippen molar-refractivity contribution in [3.8, 4) is 11.1 Å². The monoisotopic (exact) mass is 418 g/mol. The van der Waals surface area contributed by atoms with Gasteiger partial charge in [-0.15, -0.1) is 11.3 Å². The van der Waals surface area contributed by atoms with Crippen molar-refractivity contribution in [1.29, 1.82) is 0 Å². The zero-order valence-corrected chi connectivity index (χ0v) is 17.4. The quantitative estimate of drug-likeness (QED) is 0.354. The fourth-order valence-electron chi connectivity index (χ4n) is 4.27. The summed E-state index contributed by atoms with van der Waals surface area (Å²) in [6, 6.07) is 29.1. The molecule has 2 heterocycles. The van der Waals surface area contributed by atoms with Crippen LogP contribution in [0.3, 0.4) is 0 Å². The van der Waals surface area contributed by atoms with Crippen LogP contribution in [0, 0.1) is 0 Å². The number of fused-ring (bicyclic) bond motifs is 3. The van der Waals surface area contributed by atoms with Gasteiger partial charge in [0.15, 0.2) is 0 Å². The minimum absolute atomic E-state index is 0.0790. The van der Waals surface area contributed by atoms with Crippen molar-refractivity contribution in [3.05, 3.63) is 112 Å². The maximum atomic E-state index is 13.1. The number of benzene rings is 4. The summed E-state index contributed by atoms with van der Waals surface area (Å²) in [4.78, 5) is 21.7. The standard InChI is InChI=1S/C27H18N2OS/c30-26-25-23(21-13-12-17-6-1-2-8-19(17)14-21)16-31-27(25)29-24(28-26)15-20-10-5-9-18-7-3-4-11-22(18)20/h1-14,16H,15H2,(H,28,29,30). The maximum Gasteiger partial charge on any atom is 0.260 e. The molecule has 0 spiro atoms. The van der Waals surface area contributed by atoms with E-state index in [1.54, 1.807) is 0 Å². The van der Waals surface area contributed by atoms with Crippen molar-refractivity contribution < 1.29 is 0 Å². The highest BCUT2D eigenvalue weighted by Gasteiger charge is 2.14. The zero-order valence-electron chi connectivity index (χ0n) is 16.6. The SMILES string of the molecule is O=c1[nH]c(Cc2cccc3ccccc23)nc2scc(-c3ccc4ccccc4c3)c12. The first-order valence-corrected chi connectivity index (χ1v) is 11.1. The molecule has 0 saturated carbocycles. The first kappa shape index (κ1) is 18.0. The van der Waals surface area contributed by atoms with Gasteiger partial charge < -0.3 is 4.98 Å². The Hall–Kier alpha value is -3.76. The Labute approximate surface area is 182 Å². The molecule has 4 heteroatoms. The zero-order chi connectivity index (χ0) is 20.8. The van der Waals surface area contributed by atoms with E-state index in [0.29, 0.717) is 17.6 Å². The third-order valence-corrected chi connectivity index (χ3v) is 6.66. The second-order valence-corrected chi connectivity index (χ2v) is 8.58. The van der Waals surface area contributed by atoms with Crippen LogP contribution in [-0.4, -0.2) is 9.97 Å². The number of aromatic amines is 1. The number of H-pyrrole nitrogens is 1. The van der Waals surface area contributed by atoms with Gasteiger partial charge >= 0.3 is 0 Å². The molecule has 31 heavy (non-hydrogen) atoms. The summed E-state index contributed by atoms with van der Waals surface area (Å²) in [6.07, 6.45) is 0.593. The molecule has 0 fully saturated rings. The molecule has 148 valence electrons. The molecule has 0 atom stereocenters. The van der Waals surface area contributed by atoms with Crippen molar-refractivity contribution in [2.24, 2.45) is 0 Å². The van der Waals surface area contributed by atoms with E-state index in [1.165, 1.54) is 27.5 Å². The maximum absolute atomic E-state index is 13.1. The van der Waals surface area contributed by atoms with Gasteiger partial charge in [0.05, 0.1) is 5.39 Å². The summed E-state index contributed by atoms with van der Waals surface area (Å²) in [5.41, 5.74) is 3.06. The highest BCUT2D eigenvalue weighted by atomic mass is 32.1. The molecule has 3 nitrogen and oxygen atoms in total. The Morgan fingerprint density at radius 2 is 1.58 bits per heavy atom. The van der Waals surface area contributed by atoms with Crippen LogP contribution in [-0.2, 0) is 6.42 Å². The molecule has 6 aromatic rings. The Morgan fingerprint density at radius 3 is 2.48 bits per heavy atom. The van der Waals surface area contributed by atoms with Gasteiger partial charge in [0, 0.05) is 17.4 Å². The van der Waals surface area contributed by atoms with Crippen molar-refractivity contribution in [3.63, 3.8) is 0 Å². The topological polar surface area (TPSA) is 45.8 Å². The lowest BCUT2D eigenvalue weighted by atomic mass is 10.0. The largest absolute Gasteiger partial charge is 0.310 e. The van der Waals surface area contributed by atoms with Crippen LogP contribution >= 0.6 is 11.3 Å². The van der Waals surface area contributed by atoms with E-state index in [9.17, 15) is 4.79 Å². The molecule has 0 radical (unpaired) electrons. The lowest BCUT2D eigenvalue weighted by molar-refractivity contribution is 0.983. The van der Waals surface area contributed by atoms with Crippen molar-refractivity contribution in [2.75, 3.05) is 0 Å². The summed E-state index contributed by atoms with van der Waals surface area (Å²) in [5.74, 6) is 0.695. The van der Waals surface area contributed by atoms with E-state index in [-0.39, 0.29) is 5.56 Å². The molecule has 0 aliphatic carbocycles. The van der Waals surface area contributed by atoms with E-state index in [2.05, 4.69) is 65.6 Å². The average Bonchev–Trinajstić information content (AvgIpc) is 3.24. The second kappa shape index (κ2) is 7.18. The summed E-state index contributed by atoms with van der Waals surface area (Å²) >= 11 is 1.53. The van der Waals surface area contributed by atoms with E-state index < -0.39 is 0 Å². The fourth-order valence-corrected chi connectivity index (χ4v) is 5.24. The number of hydrogen-bond donors (Lipinski definition) is 1. The van der Waals surface area contributed by atoms with E-state index in [1.807, 2.05) is 29.6 Å². The third kappa shape index (κ3) is 3.13. The first-order chi connectivity index (χ1) is 15.3. The van der Waals surface area contributed by atoms with E-state index in [0.717, 1.165) is 26.9 Å². The van der Waals surface area contributed by atoms with Crippen molar-refractivity contribution in [1.82, 2.24) is 9.97 Å². The molecular formula is C27H18N2OS. The van der Waals surface area contributed by atoms with Crippen LogP contribution in [0.25, 0.3) is 42.9 Å². The normalized spacial score (nSPS) is 11.5. The summed E-state index contributed by atoms with van der Waals surface area (Å²) < 4.78 is 0. The molecule has 0 bridgehead atoms. The molecule has 1 N–H and O–H groups in total. The highest BCUT2D eigenvalue weighted by molar-refractivity contribution is 7.17. The summed E-state index contributed by atoms with van der Waals surface area (Å²) in [6.45, 7) is 0. The number of hydrogen-bond acceptors (Lipinski definition) is 3. The predicted molar refractivity (Wildman–Crippen MR) is 130 cm³/mol. The van der Waals surface area contributed by atoms with Gasteiger partial charge in [0.25, 0.3) is 5.56 Å². The first-order valence-electron chi connectivity index (χ1n) is 10.2. The molecule has 0 amide bonds. The molecular weight excluding hydrogens is 400 g/mol. The fraction of sp³-hybridized carbons (Fsp3) is 0.0370. The van der Waals surface area contributed by atoms with Gasteiger partial charge in [-0.2, -0.15) is 0 Å². The predicted octanol–water partition coefficient (Wildman–Crippen LogP) is 6.55. The highest BCUT2D eigenvalue weighted by Crippen LogP contribution is 2.32. The second-order valence-electron chi connectivity index (χ2n) is 7.72. The lowest BCUT2D eigenvalue weighted by Crippen LogP contribution is -2.11. The van der Waals surface area contributed by atoms with Gasteiger partial charge in [0.1, 0.15) is 10.7 Å². The van der Waals surface area contributed by atoms with E-state index >= 15 is 0 Å². The van der Waals surface area contributed by atoms with Crippen LogP contribution in [0.15, 0.2) is 95.1 Å². The van der Waals surface area contributed by atoms with Crippen LogP contribution in [0.4, 0.5) is 0 Å². The Balaban J connectivity index is 1.44. The molecule has 0 saturated heterocycles. The van der Waals surface area contributed by atoms with Gasteiger partial charge in [-0.05, 0) is 38.7 Å². The van der Waals surface area contributed by atoms with Crippen LogP contribution < -0.4 is 5.56 Å². The molecule has 6 rings (SSSR count). The molecule has 0 unspecified atom stereocenters. The van der Waals surface area contributed by atoms with Crippen LogP contribution in [0.1, 0.15) is 11.4 Å². The molecule has 4 aromatic carbocycles. The number of thiophene rings is 1. The smallest absolute Gasteiger partial charge is 0.260 e. The average molecular weight is 419 g/mol. The number of nitrogens with one attached hydrogen (secondary N) is 1. The Bertz CT molecular complexity index is 1640. The van der Waals surface area contributed by atoms with Crippen molar-refractivity contribution in [2.45, 2.75) is 6.42 Å².